The van der Waals surface area contributed by atoms with Crippen LogP contribution in [0.4, 0.5) is 0 Å². The summed E-state index contributed by atoms with van der Waals surface area (Å²) in [6.07, 6.45) is 2.21. The Balaban J connectivity index is 0.000000110. The van der Waals surface area contributed by atoms with Crippen molar-refractivity contribution in [2.75, 3.05) is 0 Å². The van der Waals surface area contributed by atoms with Crippen molar-refractivity contribution in [1.82, 2.24) is 0 Å². The van der Waals surface area contributed by atoms with Crippen LogP contribution in [0.1, 0.15) is 86.2 Å². The topological polar surface area (TPSA) is 0 Å². The summed E-state index contributed by atoms with van der Waals surface area (Å²) < 4.78 is 0. The quantitative estimate of drug-likeness (QED) is 0.162. The van der Waals surface area contributed by atoms with Crippen molar-refractivity contribution < 1.29 is 0 Å². The normalized spacial score (nSPS) is 11.8. The summed E-state index contributed by atoms with van der Waals surface area (Å²) in [6.45, 7) is 19.6. The third-order valence-electron chi connectivity index (χ3n) is 17.9. The fraction of sp³-hybridized carbons (Fsp3) is 0.130. The Morgan fingerprint density at radius 1 is 0.217 bits per heavy atom. The fourth-order valence-electron chi connectivity index (χ4n) is 13.0. The lowest BCUT2D eigenvalue weighted by Crippen LogP contribution is -2.14. The van der Waals surface area contributed by atoms with Gasteiger partial charge in [-0.15, -0.1) is 0 Å². The third kappa shape index (κ3) is 15.2. The van der Waals surface area contributed by atoms with Crippen molar-refractivity contribution in [2.24, 2.45) is 0 Å². The Morgan fingerprint density at radius 2 is 0.652 bits per heavy atom. The van der Waals surface area contributed by atoms with Gasteiger partial charge in [0.1, 0.15) is 0 Å². The van der Waals surface area contributed by atoms with Crippen molar-refractivity contribution in [3.63, 3.8) is 0 Å². The standard InChI is InChI=1S/C16H16.2C14H12.2C13H12.2C11H10/c1-11-8-9-13-12-6-4-5-7-14(12)16(2,3)15(13)10-11;1-10-6-7-14-12(8-10)9-11-4-2-3-5-13(11)14;1-10-6-7-12-9-11-4-2-3-5-13(11)14(12)8-10;1-11-7-5-6-10-13(11)12-8-3-2-4-9-12;1-11-6-5-9-13(10-11)12-7-3-2-4-8-12;1-9-5-4-7-10-6-2-3-8-11(9)10;1-9-6-7-10-4-2-3-5-11(10)8-9/h4-10H,1-3H3;2*2-8H,9H2,1H3;2*2-10H,1H3;2*2-8H,1H3. The van der Waals surface area contributed by atoms with Gasteiger partial charge in [0.25, 0.3) is 0 Å². The molecule has 0 saturated heterocycles. The van der Waals surface area contributed by atoms with E-state index in [1.54, 1.807) is 0 Å². The molecule has 3 aliphatic rings. The SMILES string of the molecule is Cc1ccc2c(c1)-c1ccccc1C2.Cc1ccc2c(c1)C(C)(C)c1ccccc1-2.Cc1ccc2c(c1)Cc1ccccc1-2.Cc1ccc2ccccc2c1.Cc1cccc(-c2ccccc2)c1.Cc1cccc2ccccc12.Cc1ccccc1-c1ccccc1. The van der Waals surface area contributed by atoms with E-state index in [0.29, 0.717) is 0 Å². The first kappa shape index (κ1) is 63.2. The molecule has 0 fully saturated rings. The molecule has 0 nitrogen and oxygen atoms in total. The molecular weight excluding hydrogens is 1110 g/mol. The summed E-state index contributed by atoms with van der Waals surface area (Å²) in [7, 11) is 0. The lowest BCUT2D eigenvalue weighted by molar-refractivity contribution is 0.660. The minimum absolute atomic E-state index is 0.151. The van der Waals surface area contributed by atoms with Gasteiger partial charge in [0.2, 0.25) is 0 Å². The zero-order valence-electron chi connectivity index (χ0n) is 55.0. The average molecular weight is 1190 g/mol. The highest BCUT2D eigenvalue weighted by molar-refractivity contribution is 5.86. The van der Waals surface area contributed by atoms with Crippen LogP contribution in [0.15, 0.2) is 322 Å². The first-order chi connectivity index (χ1) is 44.8. The summed E-state index contributed by atoms with van der Waals surface area (Å²) >= 11 is 0. The van der Waals surface area contributed by atoms with Crippen molar-refractivity contribution in [1.29, 1.82) is 0 Å². The molecule has 0 N–H and O–H groups in total. The van der Waals surface area contributed by atoms with Crippen LogP contribution in [0, 0.1) is 48.5 Å². The molecule has 0 radical (unpaired) electrons. The van der Waals surface area contributed by atoms with E-state index in [1.165, 1.54) is 150 Å². The van der Waals surface area contributed by atoms with Gasteiger partial charge in [0.15, 0.2) is 0 Å². The van der Waals surface area contributed by atoms with Crippen LogP contribution < -0.4 is 0 Å². The van der Waals surface area contributed by atoms with E-state index in [1.807, 2.05) is 12.1 Å². The molecule has 0 bridgehead atoms. The zero-order chi connectivity index (χ0) is 64.0. The molecule has 0 atom stereocenters. The minimum Gasteiger partial charge on any atom is -0.0622 e. The predicted octanol–water partition coefficient (Wildman–Crippen LogP) is 25.1. The Bertz CT molecular complexity index is 4780. The van der Waals surface area contributed by atoms with Crippen molar-refractivity contribution in [3.05, 3.63) is 394 Å². The van der Waals surface area contributed by atoms with Crippen LogP contribution in [0.2, 0.25) is 0 Å². The van der Waals surface area contributed by atoms with E-state index in [2.05, 4.69) is 372 Å². The third-order valence-corrected chi connectivity index (χ3v) is 17.9. The first-order valence-electron chi connectivity index (χ1n) is 32.5. The highest BCUT2D eigenvalue weighted by Crippen LogP contribution is 2.48. The number of hydrogen-bond acceptors (Lipinski definition) is 0. The maximum Gasteiger partial charge on any atom is 0.0158 e. The van der Waals surface area contributed by atoms with Gasteiger partial charge < -0.3 is 0 Å². The van der Waals surface area contributed by atoms with Gasteiger partial charge in [0, 0.05) is 5.41 Å². The second-order valence-corrected chi connectivity index (χ2v) is 25.3. The van der Waals surface area contributed by atoms with Crippen LogP contribution >= 0.6 is 0 Å². The van der Waals surface area contributed by atoms with Crippen molar-refractivity contribution in [2.45, 2.75) is 80.6 Å². The summed E-state index contributed by atoms with van der Waals surface area (Å²) in [5.41, 5.74) is 32.0. The van der Waals surface area contributed by atoms with E-state index in [9.17, 15) is 0 Å². The van der Waals surface area contributed by atoms with E-state index in [4.69, 9.17) is 0 Å². The minimum atomic E-state index is 0.151. The lowest BCUT2D eigenvalue weighted by Gasteiger charge is -2.21. The second kappa shape index (κ2) is 29.5. The fourth-order valence-corrected chi connectivity index (χ4v) is 13.0. The molecule has 452 valence electrons. The molecule has 92 heavy (non-hydrogen) atoms. The molecule has 0 heterocycles. The number of rotatable bonds is 2. The molecule has 0 spiro atoms. The molecule has 0 saturated carbocycles. The van der Waals surface area contributed by atoms with Crippen molar-refractivity contribution >= 4 is 21.5 Å². The van der Waals surface area contributed by atoms with Crippen LogP contribution in [-0.4, -0.2) is 0 Å². The summed E-state index contributed by atoms with van der Waals surface area (Å²) in [6, 6.07) is 114. The van der Waals surface area contributed by atoms with Gasteiger partial charge in [-0.25, -0.2) is 0 Å². The predicted molar refractivity (Wildman–Crippen MR) is 398 cm³/mol. The zero-order valence-corrected chi connectivity index (χ0v) is 55.0. The number of aryl methyl sites for hydroxylation is 7. The Kier molecular flexibility index (Phi) is 20.3. The van der Waals surface area contributed by atoms with Gasteiger partial charge in [-0.3, -0.25) is 0 Å². The maximum absolute atomic E-state index is 2.33. The number of fused-ring (bicyclic) bond motifs is 11. The lowest BCUT2D eigenvalue weighted by atomic mass is 9.82. The molecule has 3 aliphatic carbocycles. The molecule has 14 aromatic rings. The average Bonchev–Trinajstić information content (AvgIpc) is 1.60. The van der Waals surface area contributed by atoms with Crippen LogP contribution in [0.25, 0.3) is 77.2 Å². The molecule has 0 aliphatic heterocycles. The Morgan fingerprint density at radius 3 is 1.35 bits per heavy atom. The van der Waals surface area contributed by atoms with Crippen LogP contribution in [0.3, 0.4) is 0 Å². The summed E-state index contributed by atoms with van der Waals surface area (Å²) in [4.78, 5) is 0. The largest absolute Gasteiger partial charge is 0.0622 e. The molecule has 0 heteroatoms. The Labute approximate surface area is 548 Å². The van der Waals surface area contributed by atoms with E-state index < -0.39 is 0 Å². The summed E-state index contributed by atoms with van der Waals surface area (Å²) in [5, 5.41) is 5.33. The van der Waals surface area contributed by atoms with E-state index >= 15 is 0 Å². The maximum atomic E-state index is 2.33. The Hall–Kier alpha value is -10.4. The molecule has 17 rings (SSSR count). The van der Waals surface area contributed by atoms with Gasteiger partial charge in [-0.05, 0) is 183 Å². The van der Waals surface area contributed by atoms with Crippen molar-refractivity contribution in [3.8, 4) is 55.6 Å². The van der Waals surface area contributed by atoms with E-state index in [0.717, 1.165) is 12.8 Å². The van der Waals surface area contributed by atoms with Gasteiger partial charge in [-0.1, -0.05) is 363 Å². The summed E-state index contributed by atoms with van der Waals surface area (Å²) in [5.74, 6) is 0. The molecule has 0 amide bonds. The smallest absolute Gasteiger partial charge is 0.0158 e. The van der Waals surface area contributed by atoms with Gasteiger partial charge in [0.05, 0.1) is 0 Å². The van der Waals surface area contributed by atoms with Gasteiger partial charge >= 0.3 is 0 Å². The molecule has 14 aromatic carbocycles. The molecule has 0 aromatic heterocycles. The molecule has 0 unspecified atom stereocenters. The van der Waals surface area contributed by atoms with Crippen LogP contribution in [0.5, 0.6) is 0 Å². The highest BCUT2D eigenvalue weighted by atomic mass is 14.4. The number of benzene rings is 14. The monoisotopic (exact) mass is 1190 g/mol. The number of hydrogen-bond donors (Lipinski definition) is 0. The van der Waals surface area contributed by atoms with E-state index in [-0.39, 0.29) is 5.41 Å². The molecular formula is C92H84. The van der Waals surface area contributed by atoms with Gasteiger partial charge in [-0.2, -0.15) is 0 Å². The first-order valence-corrected chi connectivity index (χ1v) is 32.5. The second-order valence-electron chi connectivity index (χ2n) is 25.3. The van der Waals surface area contributed by atoms with Crippen LogP contribution in [-0.2, 0) is 18.3 Å². The highest BCUT2D eigenvalue weighted by Gasteiger charge is 2.34.